The third kappa shape index (κ3) is 5.60. The average molecular weight is 416 g/mol. The lowest BCUT2D eigenvalue weighted by Gasteiger charge is -2.28. The third-order valence-corrected chi connectivity index (χ3v) is 4.85. The van der Waals surface area contributed by atoms with Gasteiger partial charge in [-0.3, -0.25) is 5.41 Å². The normalized spacial score (nSPS) is 19.4. The summed E-state index contributed by atoms with van der Waals surface area (Å²) in [7, 11) is 0. The number of nitrogens with two attached hydrogens (primary N) is 1. The van der Waals surface area contributed by atoms with Gasteiger partial charge in [-0.25, -0.2) is 9.59 Å². The van der Waals surface area contributed by atoms with Crippen LogP contribution in [0.2, 0.25) is 0 Å². The Morgan fingerprint density at radius 2 is 1.83 bits per heavy atom. The molecule has 0 radical (unpaired) electrons. The fraction of sp³-hybridized carbons (Fsp3) is 0.500. The van der Waals surface area contributed by atoms with E-state index in [9.17, 15) is 9.59 Å². The van der Waals surface area contributed by atoms with E-state index in [1.54, 1.807) is 18.2 Å². The van der Waals surface area contributed by atoms with E-state index in [0.29, 0.717) is 42.0 Å². The van der Waals surface area contributed by atoms with Crippen LogP contribution < -0.4 is 5.73 Å². The van der Waals surface area contributed by atoms with Gasteiger partial charge in [0.25, 0.3) is 0 Å². The molecule has 0 bridgehead atoms. The summed E-state index contributed by atoms with van der Waals surface area (Å²) in [5.41, 5.74) is 5.53. The lowest BCUT2D eigenvalue weighted by molar-refractivity contribution is -0.163. The highest BCUT2D eigenvalue weighted by atomic mass is 16.6. The second kappa shape index (κ2) is 8.87. The largest absolute Gasteiger partial charge is 0.458 e. The minimum absolute atomic E-state index is 0.0483. The first kappa shape index (κ1) is 21.8. The molecule has 3 N–H and O–H groups in total. The zero-order chi connectivity index (χ0) is 21.9. The molecule has 3 rings (SSSR count). The number of nitrogens with one attached hydrogen (secondary N) is 1. The molecule has 8 nitrogen and oxygen atoms in total. The molecule has 1 heterocycles. The van der Waals surface area contributed by atoms with Gasteiger partial charge in [-0.15, -0.1) is 0 Å². The van der Waals surface area contributed by atoms with Gasteiger partial charge in [-0.05, 0) is 58.6 Å². The molecule has 8 heteroatoms. The number of carbonyl (C=O) groups is 2. The van der Waals surface area contributed by atoms with E-state index in [2.05, 4.69) is 0 Å². The highest BCUT2D eigenvalue weighted by Crippen LogP contribution is 2.27. The zero-order valence-electron chi connectivity index (χ0n) is 17.5. The number of esters is 2. The Morgan fingerprint density at radius 1 is 1.17 bits per heavy atom. The molecule has 1 fully saturated rings. The summed E-state index contributed by atoms with van der Waals surface area (Å²) in [6.45, 7) is 5.37. The summed E-state index contributed by atoms with van der Waals surface area (Å²) in [5.74, 6) is -0.802. The Labute approximate surface area is 175 Å². The Hall–Kier alpha value is -2.87. The van der Waals surface area contributed by atoms with Crippen molar-refractivity contribution in [1.82, 2.24) is 0 Å². The van der Waals surface area contributed by atoms with Crippen LogP contribution in [0.3, 0.4) is 0 Å². The number of furan rings is 1. The Morgan fingerprint density at radius 3 is 2.47 bits per heavy atom. The molecule has 0 atom stereocenters. The summed E-state index contributed by atoms with van der Waals surface area (Å²) in [6.07, 6.45) is 3.87. The quantitative estimate of drug-likeness (QED) is 0.419. The summed E-state index contributed by atoms with van der Waals surface area (Å²) >= 11 is 0. The van der Waals surface area contributed by atoms with E-state index < -0.39 is 11.6 Å². The zero-order valence-corrected chi connectivity index (χ0v) is 17.5. The number of carbonyl (C=O) groups excluding carboxylic acids is 2. The lowest BCUT2D eigenvalue weighted by Crippen LogP contribution is -2.31. The van der Waals surface area contributed by atoms with Crippen LogP contribution in [-0.2, 0) is 19.0 Å². The lowest BCUT2D eigenvalue weighted by atomic mass is 9.95. The SMILES string of the molecule is CC(C)(C)OC(=O)COC1CCC(OC(=O)c2occ3cc(C(=N)N)ccc23)CC1. The van der Waals surface area contributed by atoms with Crippen LogP contribution in [0.5, 0.6) is 0 Å². The van der Waals surface area contributed by atoms with Crippen molar-refractivity contribution in [2.24, 2.45) is 5.73 Å². The Kier molecular flexibility index (Phi) is 6.45. The Bertz CT molecular complexity index is 935. The Balaban J connectivity index is 1.49. The van der Waals surface area contributed by atoms with Crippen LogP contribution in [-0.4, -0.2) is 42.2 Å². The van der Waals surface area contributed by atoms with E-state index in [1.165, 1.54) is 6.26 Å². The maximum Gasteiger partial charge on any atom is 0.375 e. The van der Waals surface area contributed by atoms with E-state index in [4.69, 9.17) is 29.8 Å². The number of benzene rings is 1. The maximum absolute atomic E-state index is 12.6. The first-order chi connectivity index (χ1) is 14.1. The smallest absolute Gasteiger partial charge is 0.375 e. The van der Waals surface area contributed by atoms with E-state index in [0.717, 1.165) is 0 Å². The molecule has 1 aromatic carbocycles. The highest BCUT2D eigenvalue weighted by molar-refractivity contribution is 6.05. The van der Waals surface area contributed by atoms with Crippen LogP contribution in [0.1, 0.15) is 62.6 Å². The first-order valence-electron chi connectivity index (χ1n) is 10.0. The van der Waals surface area contributed by atoms with Crippen LogP contribution in [0.4, 0.5) is 0 Å². The molecule has 1 aliphatic rings. The number of hydrogen-bond acceptors (Lipinski definition) is 7. The highest BCUT2D eigenvalue weighted by Gasteiger charge is 2.27. The molecule has 0 aliphatic heterocycles. The van der Waals surface area contributed by atoms with Gasteiger partial charge >= 0.3 is 11.9 Å². The number of amidine groups is 1. The van der Waals surface area contributed by atoms with Gasteiger partial charge < -0.3 is 24.4 Å². The van der Waals surface area contributed by atoms with Crippen molar-refractivity contribution in [3.63, 3.8) is 0 Å². The number of fused-ring (bicyclic) bond motifs is 1. The van der Waals surface area contributed by atoms with Gasteiger partial charge in [0.15, 0.2) is 0 Å². The average Bonchev–Trinajstić information content (AvgIpc) is 3.09. The number of rotatable bonds is 6. The van der Waals surface area contributed by atoms with Crippen LogP contribution in [0, 0.1) is 5.41 Å². The molecule has 0 saturated heterocycles. The van der Waals surface area contributed by atoms with Crippen molar-refractivity contribution in [3.8, 4) is 0 Å². The van der Waals surface area contributed by atoms with Crippen LogP contribution >= 0.6 is 0 Å². The molecule has 0 amide bonds. The number of hydrogen-bond donors (Lipinski definition) is 2. The van der Waals surface area contributed by atoms with E-state index in [1.807, 2.05) is 20.8 Å². The second-order valence-electron chi connectivity index (χ2n) is 8.48. The van der Waals surface area contributed by atoms with Crippen LogP contribution in [0.15, 0.2) is 28.9 Å². The summed E-state index contributed by atoms with van der Waals surface area (Å²) in [4.78, 5) is 24.3. The van der Waals surface area contributed by atoms with E-state index in [-0.39, 0.29) is 36.4 Å². The predicted octanol–water partition coefficient (Wildman–Crippen LogP) is 3.54. The molecule has 2 aromatic rings. The van der Waals surface area contributed by atoms with Gasteiger partial charge in [-0.2, -0.15) is 0 Å². The van der Waals surface area contributed by atoms with E-state index >= 15 is 0 Å². The summed E-state index contributed by atoms with van der Waals surface area (Å²) in [5, 5.41) is 8.81. The predicted molar refractivity (Wildman–Crippen MR) is 110 cm³/mol. The molecular formula is C22H28N2O6. The number of nitrogen functional groups attached to an aromatic ring is 1. The monoisotopic (exact) mass is 416 g/mol. The van der Waals surface area contributed by atoms with Crippen LogP contribution in [0.25, 0.3) is 10.8 Å². The van der Waals surface area contributed by atoms with Crippen molar-refractivity contribution in [2.45, 2.75) is 64.3 Å². The third-order valence-electron chi connectivity index (χ3n) is 4.85. The van der Waals surface area contributed by atoms with Crippen molar-refractivity contribution in [1.29, 1.82) is 5.41 Å². The fourth-order valence-corrected chi connectivity index (χ4v) is 3.46. The van der Waals surface area contributed by atoms with Gasteiger partial charge in [0.05, 0.1) is 12.4 Å². The molecule has 1 saturated carbocycles. The molecule has 30 heavy (non-hydrogen) atoms. The molecule has 1 aromatic heterocycles. The summed E-state index contributed by atoms with van der Waals surface area (Å²) in [6, 6.07) is 5.07. The van der Waals surface area contributed by atoms with Gasteiger partial charge in [0, 0.05) is 16.3 Å². The number of ether oxygens (including phenoxy) is 3. The molecular weight excluding hydrogens is 388 g/mol. The standard InChI is InChI=1S/C22H28N2O6/c1-22(2,3)30-18(25)12-27-15-5-7-16(8-6-15)29-21(26)19-17-9-4-13(20(23)24)10-14(17)11-28-19/h4,9-11,15-16H,5-8,12H2,1-3H3,(H3,23,24). The second-order valence-corrected chi connectivity index (χ2v) is 8.48. The van der Waals surface area contributed by atoms with Crippen molar-refractivity contribution < 1.29 is 28.2 Å². The molecule has 0 spiro atoms. The maximum atomic E-state index is 12.6. The van der Waals surface area contributed by atoms with Crippen molar-refractivity contribution in [2.75, 3.05) is 6.61 Å². The fourth-order valence-electron chi connectivity index (χ4n) is 3.46. The first-order valence-corrected chi connectivity index (χ1v) is 10.0. The van der Waals surface area contributed by atoms with Crippen molar-refractivity contribution >= 4 is 28.5 Å². The minimum atomic E-state index is -0.532. The molecule has 162 valence electrons. The molecule has 1 aliphatic carbocycles. The van der Waals surface area contributed by atoms with Gasteiger partial charge in [0.2, 0.25) is 5.76 Å². The topological polar surface area (TPSA) is 125 Å². The van der Waals surface area contributed by atoms with Gasteiger partial charge in [0.1, 0.15) is 24.1 Å². The van der Waals surface area contributed by atoms with Crippen molar-refractivity contribution in [3.05, 3.63) is 35.8 Å². The minimum Gasteiger partial charge on any atom is -0.458 e. The van der Waals surface area contributed by atoms with Gasteiger partial charge in [-0.1, -0.05) is 6.07 Å². The molecule has 0 unspecified atom stereocenters. The summed E-state index contributed by atoms with van der Waals surface area (Å²) < 4.78 is 21.9.